The third-order valence-corrected chi connectivity index (χ3v) is 6.49. The highest BCUT2D eigenvalue weighted by Crippen LogP contribution is 2.39. The van der Waals surface area contributed by atoms with Gasteiger partial charge >= 0.3 is 0 Å². The van der Waals surface area contributed by atoms with E-state index >= 15 is 0 Å². The van der Waals surface area contributed by atoms with E-state index in [0.29, 0.717) is 34.3 Å². The highest BCUT2D eigenvalue weighted by molar-refractivity contribution is 9.10. The molecule has 1 aromatic rings. The van der Waals surface area contributed by atoms with Gasteiger partial charge in [0.15, 0.2) is 0 Å². The lowest BCUT2D eigenvalue weighted by Gasteiger charge is -2.18. The predicted molar refractivity (Wildman–Crippen MR) is 79.1 cm³/mol. The summed E-state index contributed by atoms with van der Waals surface area (Å²) < 4.78 is 27.0. The Balaban J connectivity index is 2.23. The van der Waals surface area contributed by atoms with Crippen molar-refractivity contribution in [3.63, 3.8) is 0 Å². The summed E-state index contributed by atoms with van der Waals surface area (Å²) in [5.41, 5.74) is 6.45. The van der Waals surface area contributed by atoms with Crippen LogP contribution in [0.15, 0.2) is 27.6 Å². The lowest BCUT2D eigenvalue weighted by Crippen LogP contribution is -2.29. The van der Waals surface area contributed by atoms with Crippen LogP contribution in [0.5, 0.6) is 0 Å². The number of nitrogens with zero attached hydrogens (tertiary/aromatic N) is 1. The molecule has 4 nitrogen and oxygen atoms in total. The second-order valence-corrected chi connectivity index (χ2v) is 8.10. The fraction of sp³-hybridized carbons (Fsp3) is 0.538. The van der Waals surface area contributed by atoms with Gasteiger partial charge in [-0.15, -0.1) is 0 Å². The number of hydrogen-bond acceptors (Lipinski definition) is 3. The van der Waals surface area contributed by atoms with Crippen molar-refractivity contribution in [1.82, 2.24) is 4.31 Å². The molecule has 0 amide bonds. The molecule has 0 saturated heterocycles. The molecule has 1 aliphatic carbocycles. The van der Waals surface area contributed by atoms with E-state index in [4.69, 9.17) is 5.73 Å². The van der Waals surface area contributed by atoms with Crippen LogP contribution in [0.25, 0.3) is 0 Å². The van der Waals surface area contributed by atoms with Gasteiger partial charge in [-0.3, -0.25) is 0 Å². The van der Waals surface area contributed by atoms with E-state index in [0.717, 1.165) is 12.0 Å². The Hall–Kier alpha value is -0.430. The minimum absolute atomic E-state index is 0.306. The van der Waals surface area contributed by atoms with Crippen molar-refractivity contribution < 1.29 is 8.42 Å². The molecule has 0 aromatic heterocycles. The zero-order chi connectivity index (χ0) is 14.2. The van der Waals surface area contributed by atoms with Crippen LogP contribution in [0.3, 0.4) is 0 Å². The van der Waals surface area contributed by atoms with Gasteiger partial charge in [-0.25, -0.2) is 12.7 Å². The van der Waals surface area contributed by atoms with Crippen LogP contribution >= 0.6 is 15.9 Å². The molecule has 0 heterocycles. The molecule has 0 spiro atoms. The van der Waals surface area contributed by atoms with Gasteiger partial charge in [-0.2, -0.15) is 0 Å². The monoisotopic (exact) mass is 346 g/mol. The second-order valence-electron chi connectivity index (χ2n) is 5.23. The summed E-state index contributed by atoms with van der Waals surface area (Å²) in [5, 5.41) is 0. The Morgan fingerprint density at radius 2 is 2.11 bits per heavy atom. The number of rotatable bonds is 5. The van der Waals surface area contributed by atoms with Crippen molar-refractivity contribution in [2.24, 2.45) is 17.6 Å². The lowest BCUT2D eigenvalue weighted by molar-refractivity contribution is 0.444. The first-order valence-corrected chi connectivity index (χ1v) is 8.54. The smallest absolute Gasteiger partial charge is 0.243 e. The van der Waals surface area contributed by atoms with E-state index in [1.54, 1.807) is 25.2 Å². The summed E-state index contributed by atoms with van der Waals surface area (Å²) >= 11 is 3.32. The lowest BCUT2D eigenvalue weighted by atomic mass is 10.2. The van der Waals surface area contributed by atoms with Crippen LogP contribution < -0.4 is 5.73 Å². The molecule has 2 rings (SSSR count). The molecule has 2 N–H and O–H groups in total. The van der Waals surface area contributed by atoms with E-state index in [1.807, 2.05) is 0 Å². The van der Waals surface area contributed by atoms with E-state index in [2.05, 4.69) is 22.9 Å². The minimum Gasteiger partial charge on any atom is -0.326 e. The highest BCUT2D eigenvalue weighted by atomic mass is 79.9. The van der Waals surface area contributed by atoms with Gasteiger partial charge in [0.2, 0.25) is 10.0 Å². The number of halogens is 1. The first-order chi connectivity index (χ1) is 8.86. The van der Waals surface area contributed by atoms with Gasteiger partial charge in [0.25, 0.3) is 0 Å². The third kappa shape index (κ3) is 3.18. The Bertz CT molecular complexity index is 574. The van der Waals surface area contributed by atoms with E-state index in [9.17, 15) is 8.42 Å². The predicted octanol–water partition coefficient (Wildman–Crippen LogP) is 2.18. The number of nitrogens with two attached hydrogens (primary N) is 1. The Morgan fingerprint density at radius 3 is 2.58 bits per heavy atom. The van der Waals surface area contributed by atoms with Crippen molar-refractivity contribution in [2.45, 2.75) is 24.8 Å². The molecule has 1 aromatic carbocycles. The largest absolute Gasteiger partial charge is 0.326 e. The number of benzene rings is 1. The van der Waals surface area contributed by atoms with Gasteiger partial charge in [0, 0.05) is 24.6 Å². The average Bonchev–Trinajstić information content (AvgIpc) is 3.04. The van der Waals surface area contributed by atoms with Crippen LogP contribution in [0.1, 0.15) is 18.9 Å². The molecule has 106 valence electrons. The van der Waals surface area contributed by atoms with Crippen LogP contribution in [0, 0.1) is 11.8 Å². The zero-order valence-corrected chi connectivity index (χ0v) is 13.5. The zero-order valence-electron chi connectivity index (χ0n) is 11.1. The van der Waals surface area contributed by atoms with Crippen molar-refractivity contribution in [2.75, 3.05) is 13.6 Å². The summed E-state index contributed by atoms with van der Waals surface area (Å²) in [6, 6.07) is 5.14. The van der Waals surface area contributed by atoms with Gasteiger partial charge in [-0.05, 0) is 51.9 Å². The highest BCUT2D eigenvalue weighted by Gasteiger charge is 2.36. The molecule has 6 heteroatoms. The van der Waals surface area contributed by atoms with Crippen molar-refractivity contribution in [3.8, 4) is 0 Å². The van der Waals surface area contributed by atoms with Gasteiger partial charge in [0.05, 0.1) is 4.90 Å². The first-order valence-electron chi connectivity index (χ1n) is 6.31. The van der Waals surface area contributed by atoms with E-state index < -0.39 is 10.0 Å². The van der Waals surface area contributed by atoms with Crippen LogP contribution in [-0.2, 0) is 16.6 Å². The normalized spacial score (nSPS) is 22.8. The topological polar surface area (TPSA) is 63.4 Å². The molecule has 0 bridgehead atoms. The Morgan fingerprint density at radius 1 is 1.47 bits per heavy atom. The fourth-order valence-corrected chi connectivity index (χ4v) is 4.44. The molecule has 0 radical (unpaired) electrons. The standard InChI is InChI=1S/C13H19BrN2O2S/c1-9-5-11(9)8-16(2)19(17,18)13-4-3-10(7-15)6-12(13)14/h3-4,6,9,11H,5,7-8,15H2,1-2H3. The Kier molecular flexibility index (Phi) is 4.35. The fourth-order valence-electron chi connectivity index (χ4n) is 2.13. The molecule has 19 heavy (non-hydrogen) atoms. The van der Waals surface area contributed by atoms with Crippen molar-refractivity contribution in [1.29, 1.82) is 0 Å². The van der Waals surface area contributed by atoms with Gasteiger partial charge in [0.1, 0.15) is 0 Å². The summed E-state index contributed by atoms with van der Waals surface area (Å²) in [6.07, 6.45) is 1.12. The Labute approximate surface area is 123 Å². The maximum Gasteiger partial charge on any atom is 0.243 e. The second kappa shape index (κ2) is 5.52. The third-order valence-electron chi connectivity index (χ3n) is 3.69. The summed E-state index contributed by atoms with van der Waals surface area (Å²) in [4.78, 5) is 0.306. The maximum atomic E-state index is 12.5. The molecule has 2 atom stereocenters. The summed E-state index contributed by atoms with van der Waals surface area (Å²) in [5.74, 6) is 1.14. The number of sulfonamides is 1. The molecular weight excluding hydrogens is 328 g/mol. The molecule has 1 saturated carbocycles. The quantitative estimate of drug-likeness (QED) is 0.888. The average molecular weight is 347 g/mol. The molecular formula is C13H19BrN2O2S. The molecule has 1 aliphatic rings. The van der Waals surface area contributed by atoms with Crippen molar-refractivity contribution >= 4 is 26.0 Å². The van der Waals surface area contributed by atoms with E-state index in [1.165, 1.54) is 4.31 Å². The SMILES string of the molecule is CC1CC1CN(C)S(=O)(=O)c1ccc(CN)cc1Br. The molecule has 1 fully saturated rings. The first kappa shape index (κ1) is 15.0. The van der Waals surface area contributed by atoms with Crippen LogP contribution in [0.4, 0.5) is 0 Å². The number of hydrogen-bond donors (Lipinski definition) is 1. The summed E-state index contributed by atoms with van der Waals surface area (Å²) in [7, 11) is -1.78. The van der Waals surface area contributed by atoms with Gasteiger partial charge < -0.3 is 5.73 Å². The minimum atomic E-state index is -3.43. The molecule has 2 unspecified atom stereocenters. The van der Waals surface area contributed by atoms with Crippen LogP contribution in [-0.4, -0.2) is 26.3 Å². The maximum absolute atomic E-state index is 12.5. The molecule has 0 aliphatic heterocycles. The summed E-state index contributed by atoms with van der Waals surface area (Å²) in [6.45, 7) is 3.14. The van der Waals surface area contributed by atoms with Crippen molar-refractivity contribution in [3.05, 3.63) is 28.2 Å². The van der Waals surface area contributed by atoms with Gasteiger partial charge in [-0.1, -0.05) is 13.0 Å². The van der Waals surface area contributed by atoms with E-state index in [-0.39, 0.29) is 0 Å². The van der Waals surface area contributed by atoms with Crippen LogP contribution in [0.2, 0.25) is 0 Å².